The summed E-state index contributed by atoms with van der Waals surface area (Å²) in [5.74, 6) is 1.72. The van der Waals surface area contributed by atoms with Crippen LogP contribution in [0.5, 0.6) is 11.5 Å². The molecule has 1 aliphatic carbocycles. The Morgan fingerprint density at radius 1 is 1.07 bits per heavy atom. The van der Waals surface area contributed by atoms with Crippen molar-refractivity contribution in [1.82, 2.24) is 4.98 Å². The second kappa shape index (κ2) is 9.18. The lowest BCUT2D eigenvalue weighted by Crippen LogP contribution is -2.02. The van der Waals surface area contributed by atoms with Crippen LogP contribution in [0, 0.1) is 5.92 Å². The summed E-state index contributed by atoms with van der Waals surface area (Å²) in [4.78, 5) is 16.0. The maximum Gasteiger partial charge on any atom is 0.337 e. The number of hydrogen-bond donors (Lipinski definition) is 0. The number of ether oxygens (including phenoxy) is 3. The van der Waals surface area contributed by atoms with E-state index in [2.05, 4.69) is 4.98 Å². The van der Waals surface area contributed by atoms with E-state index in [1.54, 1.807) is 18.3 Å². The van der Waals surface area contributed by atoms with E-state index in [0.717, 1.165) is 17.7 Å². The number of nitrogens with zero attached hydrogens (tertiary/aromatic N) is 1. The van der Waals surface area contributed by atoms with E-state index in [4.69, 9.17) is 25.8 Å². The number of carbonyl (C=O) groups is 1. The molecule has 4 rings (SSSR count). The van der Waals surface area contributed by atoms with Gasteiger partial charge in [-0.1, -0.05) is 35.9 Å². The number of hydrogen-bond acceptors (Lipinski definition) is 5. The minimum Gasteiger partial charge on any atom is -0.492 e. The summed E-state index contributed by atoms with van der Waals surface area (Å²) in [5.41, 5.74) is 3.01. The van der Waals surface area contributed by atoms with Gasteiger partial charge in [-0.25, -0.2) is 4.79 Å². The maximum absolute atomic E-state index is 11.5. The van der Waals surface area contributed by atoms with Crippen LogP contribution in [0.2, 0.25) is 5.02 Å². The fraction of sp³-hybridized carbons (Fsp3) is 0.250. The first-order chi connectivity index (χ1) is 14.6. The molecular formula is C24H22ClNO4. The summed E-state index contributed by atoms with van der Waals surface area (Å²) in [5, 5.41) is 0.541. The predicted molar refractivity (Wildman–Crippen MR) is 115 cm³/mol. The van der Waals surface area contributed by atoms with Gasteiger partial charge in [0.1, 0.15) is 18.1 Å². The Kier molecular flexibility index (Phi) is 6.19. The zero-order valence-corrected chi connectivity index (χ0v) is 17.4. The molecule has 0 bridgehead atoms. The Bertz CT molecular complexity index is 1030. The van der Waals surface area contributed by atoms with Gasteiger partial charge in [-0.2, -0.15) is 0 Å². The fourth-order valence-electron chi connectivity index (χ4n) is 2.97. The van der Waals surface area contributed by atoms with E-state index in [-0.39, 0.29) is 5.97 Å². The molecule has 0 aliphatic heterocycles. The first kappa shape index (κ1) is 20.2. The van der Waals surface area contributed by atoms with Gasteiger partial charge in [0, 0.05) is 11.6 Å². The Morgan fingerprint density at radius 3 is 2.57 bits per heavy atom. The summed E-state index contributed by atoms with van der Waals surface area (Å²) < 4.78 is 16.4. The third-order valence-electron chi connectivity index (χ3n) is 4.89. The van der Waals surface area contributed by atoms with Crippen molar-refractivity contribution in [1.29, 1.82) is 0 Å². The smallest absolute Gasteiger partial charge is 0.337 e. The van der Waals surface area contributed by atoms with E-state index in [0.29, 0.717) is 40.3 Å². The molecule has 0 spiro atoms. The monoisotopic (exact) mass is 423 g/mol. The molecule has 2 aromatic carbocycles. The van der Waals surface area contributed by atoms with Gasteiger partial charge in [0.05, 0.1) is 36.2 Å². The van der Waals surface area contributed by atoms with Crippen LogP contribution in [0.15, 0.2) is 60.8 Å². The molecule has 1 aliphatic rings. The molecule has 0 unspecified atom stereocenters. The first-order valence-corrected chi connectivity index (χ1v) is 10.2. The van der Waals surface area contributed by atoms with Gasteiger partial charge < -0.3 is 14.2 Å². The van der Waals surface area contributed by atoms with E-state index < -0.39 is 0 Å². The molecule has 3 aromatic rings. The lowest BCUT2D eigenvalue weighted by Gasteiger charge is -2.11. The summed E-state index contributed by atoms with van der Waals surface area (Å²) in [6.07, 6.45) is 4.18. The zero-order chi connectivity index (χ0) is 20.9. The molecule has 0 saturated heterocycles. The third kappa shape index (κ3) is 5.10. The molecule has 5 nitrogen and oxygen atoms in total. The average Bonchev–Trinajstić information content (AvgIpc) is 3.61. The number of esters is 1. The summed E-state index contributed by atoms with van der Waals surface area (Å²) >= 11 is 6.45. The first-order valence-electron chi connectivity index (χ1n) is 9.81. The Labute approximate surface area is 180 Å². The number of methoxy groups -OCH3 is 1. The molecule has 6 heteroatoms. The Balaban J connectivity index is 1.41. The minimum atomic E-state index is -0.358. The highest BCUT2D eigenvalue weighted by atomic mass is 35.5. The van der Waals surface area contributed by atoms with Crippen LogP contribution < -0.4 is 9.47 Å². The average molecular weight is 424 g/mol. The van der Waals surface area contributed by atoms with Gasteiger partial charge in [0.25, 0.3) is 0 Å². The van der Waals surface area contributed by atoms with Crippen molar-refractivity contribution in [2.45, 2.75) is 19.4 Å². The highest BCUT2D eigenvalue weighted by Gasteiger charge is 2.22. The second-order valence-corrected chi connectivity index (χ2v) is 7.67. The summed E-state index contributed by atoms with van der Waals surface area (Å²) in [7, 11) is 1.36. The van der Waals surface area contributed by atoms with E-state index in [9.17, 15) is 4.79 Å². The minimum absolute atomic E-state index is 0.358. The van der Waals surface area contributed by atoms with Crippen LogP contribution in [0.1, 0.15) is 28.8 Å². The molecule has 1 aromatic heterocycles. The second-order valence-electron chi connectivity index (χ2n) is 7.26. The quantitative estimate of drug-likeness (QED) is 0.444. The Morgan fingerprint density at radius 2 is 1.87 bits per heavy atom. The molecule has 1 saturated carbocycles. The van der Waals surface area contributed by atoms with Gasteiger partial charge in [-0.05, 0) is 48.6 Å². The van der Waals surface area contributed by atoms with Crippen LogP contribution in [-0.4, -0.2) is 24.7 Å². The van der Waals surface area contributed by atoms with E-state index >= 15 is 0 Å². The number of halogens is 1. The third-order valence-corrected chi connectivity index (χ3v) is 5.17. The van der Waals surface area contributed by atoms with E-state index in [1.165, 1.54) is 20.0 Å². The molecule has 0 atom stereocenters. The van der Waals surface area contributed by atoms with Gasteiger partial charge in [0.2, 0.25) is 0 Å². The lowest BCUT2D eigenvalue weighted by atomic mass is 10.1. The van der Waals surface area contributed by atoms with Crippen molar-refractivity contribution in [3.63, 3.8) is 0 Å². The predicted octanol–water partition coefficient (Wildman–Crippen LogP) is 5.56. The van der Waals surface area contributed by atoms with Gasteiger partial charge >= 0.3 is 5.97 Å². The SMILES string of the molecule is COC(=O)c1ccc(COc2cccc(-c3ncc(OCC4CC4)cc3Cl)c2)cc1. The number of pyridine rings is 1. The normalized spacial score (nSPS) is 13.0. The zero-order valence-electron chi connectivity index (χ0n) is 16.6. The summed E-state index contributed by atoms with van der Waals surface area (Å²) in [6.45, 7) is 1.10. The molecular weight excluding hydrogens is 402 g/mol. The number of aromatic nitrogens is 1. The van der Waals surface area contributed by atoms with Gasteiger partial charge in [-0.3, -0.25) is 4.98 Å². The standard InChI is InChI=1S/C24H22ClNO4/c1-28-24(27)18-9-7-17(8-10-18)14-29-20-4-2-3-19(11-20)23-22(25)12-21(13-26-23)30-15-16-5-6-16/h2-4,7-13,16H,5-6,14-15H2,1H3. The molecule has 0 N–H and O–H groups in total. The number of carbonyl (C=O) groups excluding carboxylic acids is 1. The molecule has 30 heavy (non-hydrogen) atoms. The van der Waals surface area contributed by atoms with Crippen LogP contribution in [0.25, 0.3) is 11.3 Å². The topological polar surface area (TPSA) is 57.7 Å². The lowest BCUT2D eigenvalue weighted by molar-refractivity contribution is 0.0600. The van der Waals surface area contributed by atoms with Gasteiger partial charge in [-0.15, -0.1) is 0 Å². The van der Waals surface area contributed by atoms with Crippen LogP contribution in [-0.2, 0) is 11.3 Å². The fourth-order valence-corrected chi connectivity index (χ4v) is 3.23. The molecule has 0 amide bonds. The van der Waals surface area contributed by atoms with Crippen molar-refractivity contribution in [2.75, 3.05) is 13.7 Å². The van der Waals surface area contributed by atoms with Crippen LogP contribution in [0.3, 0.4) is 0 Å². The Hall–Kier alpha value is -3.05. The largest absolute Gasteiger partial charge is 0.492 e. The van der Waals surface area contributed by atoms with Crippen LogP contribution >= 0.6 is 11.6 Å². The highest BCUT2D eigenvalue weighted by Crippen LogP contribution is 2.33. The molecule has 0 radical (unpaired) electrons. The molecule has 1 fully saturated rings. The van der Waals surface area contributed by atoms with E-state index in [1.807, 2.05) is 42.5 Å². The van der Waals surface area contributed by atoms with Crippen molar-refractivity contribution in [2.24, 2.45) is 5.92 Å². The van der Waals surface area contributed by atoms with Crippen molar-refractivity contribution >= 4 is 17.6 Å². The number of rotatable bonds is 8. The maximum atomic E-state index is 11.5. The molecule has 1 heterocycles. The molecule has 154 valence electrons. The van der Waals surface area contributed by atoms with Crippen molar-refractivity contribution in [3.8, 4) is 22.8 Å². The highest BCUT2D eigenvalue weighted by molar-refractivity contribution is 6.33. The van der Waals surface area contributed by atoms with Gasteiger partial charge in [0.15, 0.2) is 0 Å². The summed E-state index contributed by atoms with van der Waals surface area (Å²) in [6, 6.07) is 16.6. The van der Waals surface area contributed by atoms with Crippen molar-refractivity contribution in [3.05, 3.63) is 76.9 Å². The number of benzene rings is 2. The van der Waals surface area contributed by atoms with Crippen LogP contribution in [0.4, 0.5) is 0 Å². The van der Waals surface area contributed by atoms with Crippen molar-refractivity contribution < 1.29 is 19.0 Å².